The highest BCUT2D eigenvalue weighted by molar-refractivity contribution is 6.45. The van der Waals surface area contributed by atoms with Crippen LogP contribution in [0.2, 0.25) is 0 Å². The SMILES string of the molecule is C=C/C=C1/[B]NC=C/C1=C(/C)C(CN)C(=O)Nc1ccc2cnccc2c1. The lowest BCUT2D eigenvalue weighted by Crippen LogP contribution is -2.32. The van der Waals surface area contributed by atoms with Gasteiger partial charge in [0.25, 0.3) is 7.41 Å². The fraction of sp³-hybridized carbons (Fsp3) is 0.143. The number of aromatic nitrogens is 1. The van der Waals surface area contributed by atoms with Crippen LogP contribution in [0.1, 0.15) is 6.92 Å². The molecular weight excluding hydrogens is 335 g/mol. The van der Waals surface area contributed by atoms with Crippen LogP contribution < -0.4 is 16.3 Å². The second-order valence-corrected chi connectivity index (χ2v) is 6.31. The van der Waals surface area contributed by atoms with E-state index in [-0.39, 0.29) is 12.5 Å². The molecule has 5 nitrogen and oxygen atoms in total. The maximum atomic E-state index is 12.9. The topological polar surface area (TPSA) is 80.0 Å². The molecule has 1 aliphatic rings. The van der Waals surface area contributed by atoms with Crippen molar-refractivity contribution in [1.82, 2.24) is 10.2 Å². The molecule has 1 aromatic heterocycles. The summed E-state index contributed by atoms with van der Waals surface area (Å²) in [4.78, 5) is 17.0. The minimum absolute atomic E-state index is 0.124. The van der Waals surface area contributed by atoms with E-state index >= 15 is 0 Å². The number of nitrogens with one attached hydrogen (secondary N) is 2. The molecule has 4 N–H and O–H groups in total. The van der Waals surface area contributed by atoms with Crippen LogP contribution in [-0.2, 0) is 4.79 Å². The number of allylic oxidation sites excluding steroid dienone is 5. The summed E-state index contributed by atoms with van der Waals surface area (Å²) in [6.07, 6.45) is 10.9. The van der Waals surface area contributed by atoms with E-state index in [1.54, 1.807) is 18.5 Å². The Kier molecular flexibility index (Phi) is 5.89. The second-order valence-electron chi connectivity index (χ2n) is 6.31. The van der Waals surface area contributed by atoms with Gasteiger partial charge in [0.15, 0.2) is 0 Å². The van der Waals surface area contributed by atoms with E-state index in [1.807, 2.05) is 57.0 Å². The summed E-state index contributed by atoms with van der Waals surface area (Å²) in [5.41, 5.74) is 9.55. The third kappa shape index (κ3) is 4.18. The Morgan fingerprint density at radius 1 is 1.41 bits per heavy atom. The lowest BCUT2D eigenvalue weighted by Gasteiger charge is -2.22. The summed E-state index contributed by atoms with van der Waals surface area (Å²) in [5.74, 6) is -0.557. The van der Waals surface area contributed by atoms with E-state index in [0.29, 0.717) is 0 Å². The van der Waals surface area contributed by atoms with E-state index in [2.05, 4.69) is 22.1 Å². The molecule has 0 spiro atoms. The number of hydrogen-bond donors (Lipinski definition) is 3. The average Bonchev–Trinajstić information content (AvgIpc) is 2.69. The predicted octanol–water partition coefficient (Wildman–Crippen LogP) is 2.87. The molecule has 1 unspecified atom stereocenters. The molecule has 0 fully saturated rings. The summed E-state index contributed by atoms with van der Waals surface area (Å²) in [5, 5.41) is 8.09. The molecule has 135 valence electrons. The number of pyridine rings is 1. The van der Waals surface area contributed by atoms with Crippen molar-refractivity contribution in [2.75, 3.05) is 11.9 Å². The van der Waals surface area contributed by atoms with E-state index in [1.165, 1.54) is 0 Å². The van der Waals surface area contributed by atoms with Crippen molar-refractivity contribution in [3.63, 3.8) is 0 Å². The van der Waals surface area contributed by atoms with Gasteiger partial charge in [-0.1, -0.05) is 35.8 Å². The fourth-order valence-corrected chi connectivity index (χ4v) is 3.13. The zero-order chi connectivity index (χ0) is 19.2. The predicted molar refractivity (Wildman–Crippen MR) is 112 cm³/mol. The first kappa shape index (κ1) is 18.7. The third-order valence-corrected chi connectivity index (χ3v) is 4.60. The summed E-state index contributed by atoms with van der Waals surface area (Å²) in [6.45, 7) is 5.92. The molecule has 0 saturated carbocycles. The van der Waals surface area contributed by atoms with E-state index < -0.39 is 5.92 Å². The smallest absolute Gasteiger partial charge is 0.282 e. The summed E-state index contributed by atoms with van der Waals surface area (Å²) in [6, 6.07) is 7.67. The molecule has 3 rings (SSSR count). The molecule has 2 aromatic rings. The number of anilines is 1. The molecular formula is C21H22BN4O. The van der Waals surface area contributed by atoms with Gasteiger partial charge in [-0.15, -0.1) is 0 Å². The number of carbonyl (C=O) groups excluding carboxylic acids is 1. The average molecular weight is 357 g/mol. The lowest BCUT2D eigenvalue weighted by atomic mass is 9.72. The molecule has 1 radical (unpaired) electrons. The van der Waals surface area contributed by atoms with Crippen molar-refractivity contribution in [1.29, 1.82) is 0 Å². The molecule has 0 aliphatic carbocycles. The molecule has 0 saturated heterocycles. The highest BCUT2D eigenvalue weighted by atomic mass is 16.1. The summed E-state index contributed by atoms with van der Waals surface area (Å²) in [7, 11) is 1.88. The number of benzene rings is 1. The van der Waals surface area contributed by atoms with Gasteiger partial charge in [-0.3, -0.25) is 9.78 Å². The van der Waals surface area contributed by atoms with Gasteiger partial charge in [-0.25, -0.2) is 0 Å². The quantitative estimate of drug-likeness (QED) is 0.719. The van der Waals surface area contributed by atoms with Crippen molar-refractivity contribution in [2.24, 2.45) is 11.7 Å². The van der Waals surface area contributed by atoms with Crippen LogP contribution in [0.15, 0.2) is 84.3 Å². The van der Waals surface area contributed by atoms with Crippen molar-refractivity contribution >= 4 is 29.8 Å². The van der Waals surface area contributed by atoms with Gasteiger partial charge in [0, 0.05) is 30.0 Å². The Morgan fingerprint density at radius 3 is 3.04 bits per heavy atom. The van der Waals surface area contributed by atoms with Gasteiger partial charge in [0.05, 0.1) is 5.92 Å². The lowest BCUT2D eigenvalue weighted by molar-refractivity contribution is -0.118. The van der Waals surface area contributed by atoms with E-state index in [9.17, 15) is 4.79 Å². The first-order chi connectivity index (χ1) is 13.1. The first-order valence-corrected chi connectivity index (χ1v) is 8.78. The van der Waals surface area contributed by atoms with E-state index in [4.69, 9.17) is 5.73 Å². The van der Waals surface area contributed by atoms with Crippen LogP contribution in [0.3, 0.4) is 0 Å². The number of hydrogen-bond acceptors (Lipinski definition) is 4. The van der Waals surface area contributed by atoms with Crippen molar-refractivity contribution < 1.29 is 4.79 Å². The number of nitrogens with two attached hydrogens (primary N) is 1. The summed E-state index contributed by atoms with van der Waals surface area (Å²) < 4.78 is 0. The van der Waals surface area contributed by atoms with Gasteiger partial charge in [-0.05, 0) is 48.4 Å². The Bertz CT molecular complexity index is 962. The van der Waals surface area contributed by atoms with Gasteiger partial charge in [-0.2, -0.15) is 0 Å². The normalized spacial score (nSPS) is 17.8. The van der Waals surface area contributed by atoms with Crippen LogP contribution in [0.25, 0.3) is 10.8 Å². The zero-order valence-electron chi connectivity index (χ0n) is 15.3. The molecule has 6 heteroatoms. The second kappa shape index (κ2) is 8.51. The minimum Gasteiger partial charge on any atom is -0.434 e. The molecule has 0 bridgehead atoms. The van der Waals surface area contributed by atoms with Crippen LogP contribution in [0.4, 0.5) is 5.69 Å². The maximum Gasteiger partial charge on any atom is 0.282 e. The fourth-order valence-electron chi connectivity index (χ4n) is 3.13. The molecule has 1 atom stereocenters. The summed E-state index contributed by atoms with van der Waals surface area (Å²) >= 11 is 0. The Balaban J connectivity index is 1.87. The van der Waals surface area contributed by atoms with Gasteiger partial charge >= 0.3 is 0 Å². The van der Waals surface area contributed by atoms with Gasteiger partial charge in [0.1, 0.15) is 0 Å². The largest absolute Gasteiger partial charge is 0.434 e. The van der Waals surface area contributed by atoms with Crippen LogP contribution in [0.5, 0.6) is 0 Å². The van der Waals surface area contributed by atoms with Gasteiger partial charge < -0.3 is 16.3 Å². The number of fused-ring (bicyclic) bond motifs is 1. The van der Waals surface area contributed by atoms with Crippen LogP contribution in [-0.4, -0.2) is 24.9 Å². The van der Waals surface area contributed by atoms with E-state index in [0.717, 1.165) is 33.1 Å². The third-order valence-electron chi connectivity index (χ3n) is 4.60. The highest BCUT2D eigenvalue weighted by Gasteiger charge is 2.23. The maximum absolute atomic E-state index is 12.9. The minimum atomic E-state index is -0.433. The molecule has 2 heterocycles. The zero-order valence-corrected chi connectivity index (χ0v) is 15.3. The Hall–Kier alpha value is -3.12. The molecule has 1 amide bonds. The Labute approximate surface area is 160 Å². The Morgan fingerprint density at radius 2 is 2.26 bits per heavy atom. The standard InChI is InChI=1S/C21H22BN4O/c1-3-4-20-18(8-10-25-22-20)14(2)19(12-23)21(27)26-17-6-5-16-13-24-9-7-15(16)11-17/h3-11,13,19,25H,1,12,23H2,2H3,(H,26,27)/b18-14+,20-4+. The molecule has 1 aliphatic heterocycles. The molecule has 27 heavy (non-hydrogen) atoms. The van der Waals surface area contributed by atoms with Crippen molar-refractivity contribution in [3.8, 4) is 0 Å². The van der Waals surface area contributed by atoms with Crippen molar-refractivity contribution in [2.45, 2.75) is 6.92 Å². The number of nitrogens with zero attached hydrogens (tertiary/aromatic N) is 1. The first-order valence-electron chi connectivity index (χ1n) is 8.78. The van der Waals surface area contributed by atoms with Gasteiger partial charge in [0.2, 0.25) is 5.91 Å². The number of rotatable bonds is 5. The highest BCUT2D eigenvalue weighted by Crippen LogP contribution is 2.25. The van der Waals surface area contributed by atoms with Crippen molar-refractivity contribution in [3.05, 3.63) is 84.3 Å². The molecule has 1 aromatic carbocycles. The monoisotopic (exact) mass is 357 g/mol. The van der Waals surface area contributed by atoms with Crippen LogP contribution >= 0.6 is 0 Å². The van der Waals surface area contributed by atoms with Crippen LogP contribution in [0, 0.1) is 5.92 Å². The number of carbonyl (C=O) groups is 1. The number of amides is 1.